The van der Waals surface area contributed by atoms with Gasteiger partial charge in [-0.2, -0.15) is 0 Å². The molecule has 0 aromatic carbocycles. The predicted molar refractivity (Wildman–Crippen MR) is 93.8 cm³/mol. The van der Waals surface area contributed by atoms with Gasteiger partial charge >= 0.3 is 6.09 Å². The normalized spacial score (nSPS) is 26.3. The number of hydrogen-bond acceptors (Lipinski definition) is 6. The minimum Gasteiger partial charge on any atom is -0.444 e. The Bertz CT molecular complexity index is 730. The summed E-state index contributed by atoms with van der Waals surface area (Å²) in [5, 5.41) is 0. The number of fused-ring (bicyclic) bond motifs is 1. The van der Waals surface area contributed by atoms with Crippen molar-refractivity contribution in [2.24, 2.45) is 0 Å². The minimum atomic E-state index is -3.17. The maximum absolute atomic E-state index is 12.5. The molecule has 1 aromatic heterocycles. The molecule has 1 amide bonds. The molecule has 1 aromatic rings. The van der Waals surface area contributed by atoms with Gasteiger partial charge in [0, 0.05) is 38.1 Å². The van der Waals surface area contributed by atoms with Crippen LogP contribution in [0.4, 0.5) is 4.79 Å². The highest BCUT2D eigenvalue weighted by atomic mass is 32.2. The summed E-state index contributed by atoms with van der Waals surface area (Å²) in [5.74, 6) is 0.0810. The van der Waals surface area contributed by atoms with Gasteiger partial charge in [0.1, 0.15) is 5.60 Å². The van der Waals surface area contributed by atoms with Gasteiger partial charge in [0.25, 0.3) is 0 Å². The molecule has 0 radical (unpaired) electrons. The average molecular weight is 367 g/mol. The molecule has 0 unspecified atom stereocenters. The van der Waals surface area contributed by atoms with E-state index >= 15 is 0 Å². The molecule has 3 rings (SSSR count). The number of rotatable bonds is 2. The summed E-state index contributed by atoms with van der Waals surface area (Å²) >= 11 is 0. The Hall–Kier alpha value is -1.67. The van der Waals surface area contributed by atoms with Gasteiger partial charge in [0.05, 0.1) is 17.5 Å². The number of aromatic nitrogens is 1. The molecule has 0 spiro atoms. The largest absolute Gasteiger partial charge is 0.444 e. The third-order valence-electron chi connectivity index (χ3n) is 4.53. The van der Waals surface area contributed by atoms with Gasteiger partial charge < -0.3 is 9.64 Å². The van der Waals surface area contributed by atoms with E-state index in [0.717, 1.165) is 5.56 Å². The molecule has 2 atom stereocenters. The summed E-state index contributed by atoms with van der Waals surface area (Å²) < 4.78 is 29.9. The minimum absolute atomic E-state index is 0.000446. The molecule has 0 saturated carbocycles. The van der Waals surface area contributed by atoms with Crippen molar-refractivity contribution in [3.8, 4) is 0 Å². The maximum atomic E-state index is 12.5. The van der Waals surface area contributed by atoms with Gasteiger partial charge in [-0.1, -0.05) is 6.07 Å². The van der Waals surface area contributed by atoms with Gasteiger partial charge in [-0.3, -0.25) is 9.88 Å². The van der Waals surface area contributed by atoms with Gasteiger partial charge in [-0.15, -0.1) is 0 Å². The summed E-state index contributed by atoms with van der Waals surface area (Å²) in [6, 6.07) is 3.29. The van der Waals surface area contributed by atoms with Crippen molar-refractivity contribution in [2.75, 3.05) is 24.6 Å². The zero-order valence-corrected chi connectivity index (χ0v) is 15.7. The highest BCUT2D eigenvalue weighted by Crippen LogP contribution is 2.29. The van der Waals surface area contributed by atoms with Gasteiger partial charge in [-0.25, -0.2) is 13.2 Å². The van der Waals surface area contributed by atoms with Crippen LogP contribution in [0.5, 0.6) is 0 Å². The van der Waals surface area contributed by atoms with Crippen LogP contribution in [0.1, 0.15) is 26.3 Å². The first kappa shape index (κ1) is 18.1. The first-order valence-electron chi connectivity index (χ1n) is 8.48. The SMILES string of the molecule is CC(C)(C)OC(=O)N1CCN(Cc2cccnc2)[C@@H]2CS(=O)(=O)C[C@H]21. The number of sulfone groups is 1. The molecular weight excluding hydrogens is 342 g/mol. The fraction of sp³-hybridized carbons (Fsp3) is 0.647. The molecule has 138 valence electrons. The highest BCUT2D eigenvalue weighted by Gasteiger charge is 2.48. The molecule has 0 N–H and O–H groups in total. The van der Waals surface area contributed by atoms with Crippen molar-refractivity contribution in [2.45, 2.75) is 45.0 Å². The van der Waals surface area contributed by atoms with Crippen molar-refractivity contribution in [1.29, 1.82) is 0 Å². The van der Waals surface area contributed by atoms with E-state index in [1.165, 1.54) is 0 Å². The first-order valence-corrected chi connectivity index (χ1v) is 10.3. The number of hydrogen-bond donors (Lipinski definition) is 0. The van der Waals surface area contributed by atoms with Crippen molar-refractivity contribution >= 4 is 15.9 Å². The van der Waals surface area contributed by atoms with Gasteiger partial charge in [0.15, 0.2) is 9.84 Å². The topological polar surface area (TPSA) is 79.8 Å². The average Bonchev–Trinajstić information content (AvgIpc) is 2.82. The van der Waals surface area contributed by atoms with Crippen LogP contribution < -0.4 is 0 Å². The lowest BCUT2D eigenvalue weighted by molar-refractivity contribution is -0.0105. The molecule has 0 bridgehead atoms. The van der Waals surface area contributed by atoms with Crippen LogP contribution in [-0.4, -0.2) is 71.6 Å². The predicted octanol–water partition coefficient (Wildman–Crippen LogP) is 1.30. The second kappa shape index (κ2) is 6.57. The van der Waals surface area contributed by atoms with Crippen molar-refractivity contribution in [1.82, 2.24) is 14.8 Å². The third kappa shape index (κ3) is 4.30. The first-order chi connectivity index (χ1) is 11.6. The standard InChI is InChI=1S/C17H25N3O4S/c1-17(2,3)24-16(21)20-8-7-19(10-13-5-4-6-18-9-13)14-11-25(22,23)12-15(14)20/h4-6,9,14-15H,7-8,10-12H2,1-3H3/t14-,15-/m1/s1. The van der Waals surface area contributed by atoms with Crippen molar-refractivity contribution in [3.63, 3.8) is 0 Å². The Kier molecular flexibility index (Phi) is 4.76. The zero-order valence-electron chi connectivity index (χ0n) is 14.9. The molecule has 2 saturated heterocycles. The molecule has 2 fully saturated rings. The van der Waals surface area contributed by atoms with Crippen LogP contribution in [0, 0.1) is 0 Å². The fourth-order valence-electron chi connectivity index (χ4n) is 3.49. The number of piperazine rings is 1. The van der Waals surface area contributed by atoms with Gasteiger partial charge in [-0.05, 0) is 32.4 Å². The summed E-state index contributed by atoms with van der Waals surface area (Å²) in [5.41, 5.74) is 0.438. The number of amides is 1. The van der Waals surface area contributed by atoms with Crippen LogP contribution >= 0.6 is 0 Å². The number of carbonyl (C=O) groups is 1. The molecule has 3 heterocycles. The lowest BCUT2D eigenvalue weighted by Gasteiger charge is -2.43. The monoisotopic (exact) mass is 367 g/mol. The summed E-state index contributed by atoms with van der Waals surface area (Å²) in [4.78, 5) is 20.4. The van der Waals surface area contributed by atoms with E-state index in [2.05, 4.69) is 9.88 Å². The van der Waals surface area contributed by atoms with Crippen molar-refractivity contribution in [3.05, 3.63) is 30.1 Å². The molecule has 0 aliphatic carbocycles. The fourth-order valence-corrected chi connectivity index (χ4v) is 5.51. The molecule has 2 aliphatic heterocycles. The Morgan fingerprint density at radius 1 is 1.28 bits per heavy atom. The smallest absolute Gasteiger partial charge is 0.410 e. The number of nitrogens with zero attached hydrogens (tertiary/aromatic N) is 3. The summed E-state index contributed by atoms with van der Waals surface area (Å²) in [6.45, 7) is 7.15. The number of ether oxygens (including phenoxy) is 1. The van der Waals surface area contributed by atoms with E-state index in [1.807, 2.05) is 32.9 Å². The Morgan fingerprint density at radius 2 is 2.00 bits per heavy atom. The van der Waals surface area contributed by atoms with E-state index < -0.39 is 21.5 Å². The van der Waals surface area contributed by atoms with Crippen LogP contribution in [0.25, 0.3) is 0 Å². The molecule has 7 nitrogen and oxygen atoms in total. The maximum Gasteiger partial charge on any atom is 0.410 e. The van der Waals surface area contributed by atoms with Crippen LogP contribution in [0.2, 0.25) is 0 Å². The van der Waals surface area contributed by atoms with Crippen LogP contribution in [-0.2, 0) is 21.1 Å². The van der Waals surface area contributed by atoms with E-state index in [9.17, 15) is 13.2 Å². The lowest BCUT2D eigenvalue weighted by atomic mass is 10.0. The van der Waals surface area contributed by atoms with E-state index in [-0.39, 0.29) is 23.6 Å². The van der Waals surface area contributed by atoms with Crippen molar-refractivity contribution < 1.29 is 17.9 Å². The molecular formula is C17H25N3O4S. The highest BCUT2D eigenvalue weighted by molar-refractivity contribution is 7.91. The second-order valence-corrected chi connectivity index (χ2v) is 9.87. The third-order valence-corrected chi connectivity index (χ3v) is 6.23. The molecule has 25 heavy (non-hydrogen) atoms. The Morgan fingerprint density at radius 3 is 2.64 bits per heavy atom. The van der Waals surface area contributed by atoms with Gasteiger partial charge in [0.2, 0.25) is 0 Å². The Balaban J connectivity index is 1.79. The van der Waals surface area contributed by atoms with E-state index in [1.54, 1.807) is 17.3 Å². The summed E-state index contributed by atoms with van der Waals surface area (Å²) in [7, 11) is -3.17. The number of pyridine rings is 1. The quantitative estimate of drug-likeness (QED) is 0.784. The summed E-state index contributed by atoms with van der Waals surface area (Å²) in [6.07, 6.45) is 3.08. The molecule has 2 aliphatic rings. The number of carbonyl (C=O) groups excluding carboxylic acids is 1. The lowest BCUT2D eigenvalue weighted by Crippen LogP contribution is -2.60. The van der Waals surface area contributed by atoms with Crippen LogP contribution in [0.3, 0.4) is 0 Å². The molecule has 8 heteroatoms. The Labute approximate surface area is 148 Å². The van der Waals surface area contributed by atoms with Crippen LogP contribution in [0.15, 0.2) is 24.5 Å². The second-order valence-electron chi connectivity index (χ2n) is 7.72. The van der Waals surface area contributed by atoms with E-state index in [0.29, 0.717) is 19.6 Å². The van der Waals surface area contributed by atoms with E-state index in [4.69, 9.17) is 4.74 Å². The zero-order chi connectivity index (χ0) is 18.2.